The van der Waals surface area contributed by atoms with Gasteiger partial charge in [0.1, 0.15) is 0 Å². The smallest absolute Gasteiger partial charge is 0.155 e. The molecule has 0 fully saturated rings. The summed E-state index contributed by atoms with van der Waals surface area (Å²) < 4.78 is 2.16. The van der Waals surface area contributed by atoms with Gasteiger partial charge in [-0.25, -0.2) is 0 Å². The third-order valence-electron chi connectivity index (χ3n) is 3.09. The molecule has 0 aliphatic heterocycles. The summed E-state index contributed by atoms with van der Waals surface area (Å²) in [5.74, 6) is 0.179. The molecule has 1 aromatic heterocycles. The molecule has 0 spiro atoms. The molecule has 0 unspecified atom stereocenters. The monoisotopic (exact) mass is 253 g/mol. The number of carbonyl (C=O) groups excluding carboxylic acids is 1. The predicted molar refractivity (Wildman–Crippen MR) is 81.1 cm³/mol. The zero-order valence-corrected chi connectivity index (χ0v) is 11.3. The van der Waals surface area contributed by atoms with Crippen LogP contribution in [0.3, 0.4) is 0 Å². The fourth-order valence-corrected chi connectivity index (χ4v) is 2.21. The van der Waals surface area contributed by atoms with E-state index in [1.807, 2.05) is 31.2 Å². The maximum absolute atomic E-state index is 11.6. The predicted octanol–water partition coefficient (Wildman–Crippen LogP) is 4.21. The summed E-state index contributed by atoms with van der Waals surface area (Å²) in [6.07, 6.45) is 6.95. The average molecular weight is 253 g/mol. The SMILES string of the molecule is C=CCn1c(C=CC(=O)CCC)cc2ccccc21. The van der Waals surface area contributed by atoms with E-state index in [4.69, 9.17) is 0 Å². The molecular weight excluding hydrogens is 234 g/mol. The summed E-state index contributed by atoms with van der Waals surface area (Å²) in [6.45, 7) is 6.56. The number of para-hydroxylation sites is 1. The Labute approximate surface area is 114 Å². The van der Waals surface area contributed by atoms with Crippen molar-refractivity contribution in [2.45, 2.75) is 26.3 Å². The molecule has 19 heavy (non-hydrogen) atoms. The van der Waals surface area contributed by atoms with Crippen LogP contribution in [0.1, 0.15) is 25.5 Å². The summed E-state index contributed by atoms with van der Waals surface area (Å²) in [6, 6.07) is 10.3. The van der Waals surface area contributed by atoms with Crippen LogP contribution in [0, 0.1) is 0 Å². The zero-order chi connectivity index (χ0) is 13.7. The van der Waals surface area contributed by atoms with E-state index in [-0.39, 0.29) is 5.78 Å². The highest BCUT2D eigenvalue weighted by atomic mass is 16.1. The Morgan fingerprint density at radius 2 is 2.16 bits per heavy atom. The minimum absolute atomic E-state index is 0.179. The Morgan fingerprint density at radius 3 is 2.89 bits per heavy atom. The van der Waals surface area contributed by atoms with Crippen LogP contribution in [-0.2, 0) is 11.3 Å². The minimum atomic E-state index is 0.179. The van der Waals surface area contributed by atoms with Gasteiger partial charge in [0.15, 0.2) is 5.78 Å². The molecule has 2 nitrogen and oxygen atoms in total. The van der Waals surface area contributed by atoms with Gasteiger partial charge in [0.05, 0.1) is 0 Å². The number of aromatic nitrogens is 1. The van der Waals surface area contributed by atoms with E-state index in [0.29, 0.717) is 6.42 Å². The van der Waals surface area contributed by atoms with Gasteiger partial charge in [-0.2, -0.15) is 0 Å². The molecule has 2 aromatic rings. The normalized spacial score (nSPS) is 11.2. The number of hydrogen-bond donors (Lipinski definition) is 0. The molecule has 0 amide bonds. The lowest BCUT2D eigenvalue weighted by molar-refractivity contribution is -0.114. The molecule has 1 heterocycles. The third-order valence-corrected chi connectivity index (χ3v) is 3.09. The lowest BCUT2D eigenvalue weighted by atomic mass is 10.2. The van der Waals surface area contributed by atoms with Crippen molar-refractivity contribution in [2.75, 3.05) is 0 Å². The zero-order valence-electron chi connectivity index (χ0n) is 11.3. The van der Waals surface area contributed by atoms with Gasteiger partial charge in [0.25, 0.3) is 0 Å². The van der Waals surface area contributed by atoms with Crippen LogP contribution in [0.5, 0.6) is 0 Å². The van der Waals surface area contributed by atoms with E-state index in [2.05, 4.69) is 29.3 Å². The quantitative estimate of drug-likeness (QED) is 0.558. The molecule has 0 aliphatic rings. The molecule has 0 N–H and O–H groups in total. The molecule has 0 atom stereocenters. The van der Waals surface area contributed by atoms with Gasteiger partial charge in [-0.3, -0.25) is 4.79 Å². The summed E-state index contributed by atoms with van der Waals surface area (Å²) in [5.41, 5.74) is 2.22. The van der Waals surface area contributed by atoms with Gasteiger partial charge in [0.2, 0.25) is 0 Å². The highest BCUT2D eigenvalue weighted by Gasteiger charge is 2.05. The molecule has 2 rings (SSSR count). The number of allylic oxidation sites excluding steroid dienone is 2. The van der Waals surface area contributed by atoms with Crippen LogP contribution in [0.4, 0.5) is 0 Å². The molecule has 0 radical (unpaired) electrons. The first-order valence-electron chi connectivity index (χ1n) is 6.66. The molecule has 0 bridgehead atoms. The van der Waals surface area contributed by atoms with Crippen molar-refractivity contribution in [1.82, 2.24) is 4.57 Å². The number of hydrogen-bond acceptors (Lipinski definition) is 1. The first-order valence-corrected chi connectivity index (χ1v) is 6.66. The van der Waals surface area contributed by atoms with Crippen LogP contribution in [0.15, 0.2) is 49.1 Å². The van der Waals surface area contributed by atoms with Crippen molar-refractivity contribution < 1.29 is 4.79 Å². The van der Waals surface area contributed by atoms with Gasteiger partial charge in [-0.15, -0.1) is 6.58 Å². The van der Waals surface area contributed by atoms with E-state index in [1.54, 1.807) is 6.08 Å². The van der Waals surface area contributed by atoms with Gasteiger partial charge in [0, 0.05) is 29.6 Å². The first-order chi connectivity index (χ1) is 9.26. The topological polar surface area (TPSA) is 22.0 Å². The summed E-state index contributed by atoms with van der Waals surface area (Å²) >= 11 is 0. The number of benzene rings is 1. The Kier molecular flexibility index (Phi) is 4.35. The van der Waals surface area contributed by atoms with Gasteiger partial charge < -0.3 is 4.57 Å². The Hall–Kier alpha value is -2.09. The van der Waals surface area contributed by atoms with E-state index in [1.165, 1.54) is 10.9 Å². The number of rotatable bonds is 6. The van der Waals surface area contributed by atoms with E-state index >= 15 is 0 Å². The maximum Gasteiger partial charge on any atom is 0.155 e. The van der Waals surface area contributed by atoms with Crippen LogP contribution in [0.2, 0.25) is 0 Å². The molecule has 0 saturated carbocycles. The second-order valence-corrected chi connectivity index (χ2v) is 4.58. The largest absolute Gasteiger partial charge is 0.337 e. The lowest BCUT2D eigenvalue weighted by Gasteiger charge is -2.04. The molecule has 2 heteroatoms. The van der Waals surface area contributed by atoms with Gasteiger partial charge in [-0.05, 0) is 30.7 Å². The van der Waals surface area contributed by atoms with E-state index in [0.717, 1.165) is 18.7 Å². The molecule has 0 aliphatic carbocycles. The fraction of sp³-hybridized carbons (Fsp3) is 0.235. The highest BCUT2D eigenvalue weighted by molar-refractivity contribution is 5.94. The fourth-order valence-electron chi connectivity index (χ4n) is 2.21. The molecule has 98 valence electrons. The number of carbonyl (C=O) groups is 1. The van der Waals surface area contributed by atoms with Gasteiger partial charge in [-0.1, -0.05) is 31.2 Å². The number of fused-ring (bicyclic) bond motifs is 1. The molecular formula is C17H19NO. The van der Waals surface area contributed by atoms with Gasteiger partial charge >= 0.3 is 0 Å². The standard InChI is InChI=1S/C17H19NO/c1-3-7-16(19)11-10-15-13-14-8-5-6-9-17(14)18(15)12-4-2/h4-6,8-11,13H,2-3,7,12H2,1H3. The van der Waals surface area contributed by atoms with Crippen molar-refractivity contribution in [3.8, 4) is 0 Å². The molecule has 1 aromatic carbocycles. The second-order valence-electron chi connectivity index (χ2n) is 4.58. The number of ketones is 1. The Morgan fingerprint density at radius 1 is 1.37 bits per heavy atom. The van der Waals surface area contributed by atoms with Crippen molar-refractivity contribution in [1.29, 1.82) is 0 Å². The van der Waals surface area contributed by atoms with Crippen LogP contribution in [-0.4, -0.2) is 10.4 Å². The second kappa shape index (κ2) is 6.19. The lowest BCUT2D eigenvalue weighted by Crippen LogP contribution is -1.97. The van der Waals surface area contributed by atoms with E-state index < -0.39 is 0 Å². The van der Waals surface area contributed by atoms with Crippen molar-refractivity contribution in [2.24, 2.45) is 0 Å². The van der Waals surface area contributed by atoms with Crippen LogP contribution in [0.25, 0.3) is 17.0 Å². The Bertz CT molecular complexity index is 619. The highest BCUT2D eigenvalue weighted by Crippen LogP contribution is 2.21. The Balaban J connectivity index is 2.38. The molecule has 0 saturated heterocycles. The maximum atomic E-state index is 11.6. The van der Waals surface area contributed by atoms with Crippen molar-refractivity contribution in [3.05, 3.63) is 54.8 Å². The first kappa shape index (κ1) is 13.3. The average Bonchev–Trinajstić information content (AvgIpc) is 2.76. The van der Waals surface area contributed by atoms with Crippen LogP contribution >= 0.6 is 0 Å². The van der Waals surface area contributed by atoms with Crippen molar-refractivity contribution in [3.63, 3.8) is 0 Å². The third kappa shape index (κ3) is 3.02. The number of nitrogens with zero attached hydrogens (tertiary/aromatic N) is 1. The van der Waals surface area contributed by atoms with Crippen molar-refractivity contribution >= 4 is 22.8 Å². The summed E-state index contributed by atoms with van der Waals surface area (Å²) in [4.78, 5) is 11.6. The summed E-state index contributed by atoms with van der Waals surface area (Å²) in [7, 11) is 0. The van der Waals surface area contributed by atoms with Crippen LogP contribution < -0.4 is 0 Å². The summed E-state index contributed by atoms with van der Waals surface area (Å²) in [5, 5.41) is 1.19. The minimum Gasteiger partial charge on any atom is -0.337 e. The van der Waals surface area contributed by atoms with E-state index in [9.17, 15) is 4.79 Å².